The number of hydrogen-bond acceptors (Lipinski definition) is 6. The van der Waals surface area contributed by atoms with Gasteiger partial charge >= 0.3 is 5.97 Å². The summed E-state index contributed by atoms with van der Waals surface area (Å²) in [6.45, 7) is 0. The minimum atomic E-state index is -2.05. The van der Waals surface area contributed by atoms with Crippen LogP contribution >= 0.6 is 0 Å². The van der Waals surface area contributed by atoms with Crippen molar-refractivity contribution in [2.45, 2.75) is 50.1 Å². The van der Waals surface area contributed by atoms with Crippen molar-refractivity contribution >= 4 is 23.6 Å². The molecule has 0 aromatic heterocycles. The van der Waals surface area contributed by atoms with Crippen LogP contribution in [0.2, 0.25) is 0 Å². The molecule has 3 N–H and O–H groups in total. The average Bonchev–Trinajstić information content (AvgIpc) is 3.24. The number of nitrogens with one attached hydrogen (secondary N) is 1. The first-order valence-electron chi connectivity index (χ1n) is 10.7. The van der Waals surface area contributed by atoms with Crippen molar-refractivity contribution in [3.63, 3.8) is 0 Å². The zero-order valence-electron chi connectivity index (χ0n) is 17.7. The molecule has 33 heavy (non-hydrogen) atoms. The van der Waals surface area contributed by atoms with Crippen LogP contribution in [0, 0.1) is 0 Å². The van der Waals surface area contributed by atoms with Crippen molar-refractivity contribution in [3.05, 3.63) is 65.7 Å². The maximum Gasteiger partial charge on any atom is 0.354 e. The van der Waals surface area contributed by atoms with Gasteiger partial charge in [0.05, 0.1) is 12.5 Å². The van der Waals surface area contributed by atoms with Crippen molar-refractivity contribution in [3.8, 4) is 5.75 Å². The predicted molar refractivity (Wildman–Crippen MR) is 115 cm³/mol. The number of carboxylic acids is 1. The normalized spacial score (nSPS) is 22.0. The second-order valence-corrected chi connectivity index (χ2v) is 8.16. The number of fused-ring (bicyclic) bond motifs is 1. The Morgan fingerprint density at radius 2 is 1.79 bits per heavy atom. The number of aliphatic carboxylic acids is 1. The summed E-state index contributed by atoms with van der Waals surface area (Å²) in [5.41, 5.74) is 1.69. The number of nitrogens with zero attached hydrogens (tertiary/aromatic N) is 1. The van der Waals surface area contributed by atoms with Crippen molar-refractivity contribution in [1.29, 1.82) is 0 Å². The molecule has 0 radical (unpaired) electrons. The molecule has 9 nitrogen and oxygen atoms in total. The smallest absolute Gasteiger partial charge is 0.354 e. The SMILES string of the molecule is O=C(Cc1ccccc1)N[C@@H]1C(=O)N(C(O)C(=O)O)[C@@H]1CCC(=O)C1Cc2ccccc2O1. The molecule has 2 aliphatic heterocycles. The highest BCUT2D eigenvalue weighted by molar-refractivity contribution is 5.96. The maximum absolute atomic E-state index is 12.7. The fourth-order valence-electron chi connectivity index (χ4n) is 4.27. The van der Waals surface area contributed by atoms with Gasteiger partial charge in [0.15, 0.2) is 11.9 Å². The van der Waals surface area contributed by atoms with Crippen molar-refractivity contribution in [2.75, 3.05) is 0 Å². The molecule has 2 aromatic rings. The molecule has 0 bridgehead atoms. The van der Waals surface area contributed by atoms with E-state index in [1.165, 1.54) is 0 Å². The first-order chi connectivity index (χ1) is 15.8. The minimum absolute atomic E-state index is 0.00446. The van der Waals surface area contributed by atoms with Gasteiger partial charge in [-0.1, -0.05) is 48.5 Å². The first kappa shape index (κ1) is 22.5. The molecule has 2 unspecified atom stereocenters. The Balaban J connectivity index is 1.39. The van der Waals surface area contributed by atoms with E-state index in [0.29, 0.717) is 12.2 Å². The van der Waals surface area contributed by atoms with Crippen LogP contribution in [0.15, 0.2) is 54.6 Å². The van der Waals surface area contributed by atoms with E-state index < -0.39 is 42.2 Å². The second kappa shape index (κ2) is 9.41. The van der Waals surface area contributed by atoms with Gasteiger partial charge in [0.1, 0.15) is 11.8 Å². The second-order valence-electron chi connectivity index (χ2n) is 8.16. The van der Waals surface area contributed by atoms with E-state index in [1.54, 1.807) is 30.3 Å². The number of aliphatic hydroxyl groups excluding tert-OH is 1. The van der Waals surface area contributed by atoms with Crippen LogP contribution < -0.4 is 10.1 Å². The van der Waals surface area contributed by atoms with Crippen molar-refractivity contribution in [2.24, 2.45) is 0 Å². The zero-order chi connectivity index (χ0) is 23.5. The monoisotopic (exact) mass is 452 g/mol. The number of carbonyl (C=O) groups excluding carboxylic acids is 3. The van der Waals surface area contributed by atoms with Crippen LogP contribution in [0.4, 0.5) is 0 Å². The van der Waals surface area contributed by atoms with Crippen LogP contribution in [0.25, 0.3) is 0 Å². The first-order valence-corrected chi connectivity index (χ1v) is 10.7. The molecule has 1 fully saturated rings. The maximum atomic E-state index is 12.7. The van der Waals surface area contributed by atoms with E-state index >= 15 is 0 Å². The highest BCUT2D eigenvalue weighted by Crippen LogP contribution is 2.31. The Bertz CT molecular complexity index is 1050. The summed E-state index contributed by atoms with van der Waals surface area (Å²) in [6.07, 6.45) is -2.12. The lowest BCUT2D eigenvalue weighted by molar-refractivity contribution is -0.184. The van der Waals surface area contributed by atoms with Gasteiger partial charge in [-0.2, -0.15) is 0 Å². The minimum Gasteiger partial charge on any atom is -0.482 e. The zero-order valence-corrected chi connectivity index (χ0v) is 17.7. The fourth-order valence-corrected chi connectivity index (χ4v) is 4.27. The molecular formula is C24H24N2O7. The third-order valence-corrected chi connectivity index (χ3v) is 5.96. The molecule has 0 saturated carbocycles. The van der Waals surface area contributed by atoms with E-state index in [9.17, 15) is 24.3 Å². The van der Waals surface area contributed by atoms with Crippen LogP contribution in [-0.2, 0) is 32.0 Å². The summed E-state index contributed by atoms with van der Waals surface area (Å²) in [5.74, 6) is -2.22. The Hall–Kier alpha value is -3.72. The number of Topliss-reactive ketones (excluding diaryl/α,β-unsaturated/α-hetero) is 1. The molecule has 0 aliphatic carbocycles. The summed E-state index contributed by atoms with van der Waals surface area (Å²) in [7, 11) is 0. The third-order valence-electron chi connectivity index (χ3n) is 5.96. The number of carbonyl (C=O) groups is 4. The largest absolute Gasteiger partial charge is 0.482 e. The summed E-state index contributed by atoms with van der Waals surface area (Å²) in [4.78, 5) is 49.8. The Labute approximate surface area is 190 Å². The molecule has 2 amide bonds. The van der Waals surface area contributed by atoms with Gasteiger partial charge in [-0.05, 0) is 23.6 Å². The van der Waals surface area contributed by atoms with Gasteiger partial charge in [0, 0.05) is 12.8 Å². The molecule has 2 heterocycles. The van der Waals surface area contributed by atoms with Crippen LogP contribution in [0.5, 0.6) is 5.75 Å². The fraction of sp³-hybridized carbons (Fsp3) is 0.333. The lowest BCUT2D eigenvalue weighted by Crippen LogP contribution is -2.74. The predicted octanol–water partition coefficient (Wildman–Crippen LogP) is 0.681. The number of ether oxygens (including phenoxy) is 1. The van der Waals surface area contributed by atoms with Gasteiger partial charge in [-0.3, -0.25) is 19.3 Å². The number of ketones is 1. The topological polar surface area (TPSA) is 133 Å². The van der Waals surface area contributed by atoms with Crippen molar-refractivity contribution < 1.29 is 34.1 Å². The van der Waals surface area contributed by atoms with E-state index in [2.05, 4.69) is 5.32 Å². The third kappa shape index (κ3) is 4.73. The average molecular weight is 452 g/mol. The lowest BCUT2D eigenvalue weighted by Gasteiger charge is -2.48. The summed E-state index contributed by atoms with van der Waals surface area (Å²) >= 11 is 0. The van der Waals surface area contributed by atoms with E-state index in [4.69, 9.17) is 9.84 Å². The molecule has 4 atom stereocenters. The lowest BCUT2D eigenvalue weighted by atomic mass is 9.88. The van der Waals surface area contributed by atoms with Gasteiger partial charge in [-0.15, -0.1) is 0 Å². The van der Waals surface area contributed by atoms with E-state index in [1.807, 2.05) is 24.3 Å². The quantitative estimate of drug-likeness (QED) is 0.477. The molecule has 4 rings (SSSR count). The summed E-state index contributed by atoms with van der Waals surface area (Å²) < 4.78 is 5.70. The molecule has 2 aliphatic rings. The van der Waals surface area contributed by atoms with Crippen LogP contribution in [0.3, 0.4) is 0 Å². The van der Waals surface area contributed by atoms with Gasteiger partial charge in [-0.25, -0.2) is 4.79 Å². The number of amides is 2. The Morgan fingerprint density at radius 1 is 1.09 bits per heavy atom. The number of carboxylic acid groups (broad SMARTS) is 1. The van der Waals surface area contributed by atoms with E-state index in [0.717, 1.165) is 16.0 Å². The van der Waals surface area contributed by atoms with Crippen molar-refractivity contribution in [1.82, 2.24) is 10.2 Å². The highest BCUT2D eigenvalue weighted by Gasteiger charge is 2.52. The number of β-lactam (4-membered cyclic amide) rings is 1. The molecule has 2 aromatic carbocycles. The van der Waals surface area contributed by atoms with Crippen LogP contribution in [0.1, 0.15) is 24.0 Å². The number of para-hydroxylation sites is 1. The number of rotatable bonds is 9. The highest BCUT2D eigenvalue weighted by atomic mass is 16.5. The molecule has 0 spiro atoms. The van der Waals surface area contributed by atoms with Gasteiger partial charge < -0.3 is 20.3 Å². The molecule has 9 heteroatoms. The standard InChI is InChI=1S/C24H24N2O7/c27-17(19-13-15-8-4-5-9-18(15)33-19)11-10-16-21(22(29)26(16)23(30)24(31)32)25-20(28)12-14-6-2-1-3-7-14/h1-9,16,19,21,23,30H,10-13H2,(H,25,28)(H,31,32)/t16-,19?,21+,23?/m1/s1. The van der Waals surface area contributed by atoms with Gasteiger partial charge in [0.25, 0.3) is 0 Å². The Kier molecular flexibility index (Phi) is 6.41. The number of likely N-dealkylation sites (tertiary alicyclic amines) is 1. The molecular weight excluding hydrogens is 428 g/mol. The summed E-state index contributed by atoms with van der Waals surface area (Å²) in [5, 5.41) is 21.7. The number of benzene rings is 2. The van der Waals surface area contributed by atoms with Crippen LogP contribution in [-0.4, -0.2) is 63.1 Å². The van der Waals surface area contributed by atoms with Gasteiger partial charge in [0.2, 0.25) is 18.0 Å². The van der Waals surface area contributed by atoms with E-state index in [-0.39, 0.29) is 25.0 Å². The summed E-state index contributed by atoms with van der Waals surface area (Å²) in [6, 6.07) is 14.5. The molecule has 1 saturated heterocycles. The number of aliphatic hydroxyl groups is 1. The molecule has 172 valence electrons. The Morgan fingerprint density at radius 3 is 2.48 bits per heavy atom. The number of hydrogen-bond donors (Lipinski definition) is 3.